The Hall–Kier alpha value is -1.09. The Morgan fingerprint density at radius 2 is 2.33 bits per heavy atom. The van der Waals surface area contributed by atoms with Gasteiger partial charge in [0.05, 0.1) is 11.8 Å². The van der Waals surface area contributed by atoms with Gasteiger partial charge < -0.3 is 9.32 Å². The van der Waals surface area contributed by atoms with Crippen molar-refractivity contribution in [2.75, 3.05) is 13.1 Å². The largest absolute Gasteiger partial charge is 0.472 e. The first kappa shape index (κ1) is 10.4. The Balaban J connectivity index is 1.78. The molecule has 2 heterocycles. The third-order valence-electron chi connectivity index (χ3n) is 3.03. The van der Waals surface area contributed by atoms with Crippen LogP contribution in [-0.4, -0.2) is 29.8 Å². The van der Waals surface area contributed by atoms with Crippen molar-refractivity contribution in [2.24, 2.45) is 5.92 Å². The van der Waals surface area contributed by atoms with Gasteiger partial charge in [-0.15, -0.1) is 0 Å². The fourth-order valence-corrected chi connectivity index (χ4v) is 1.96. The van der Waals surface area contributed by atoms with Crippen LogP contribution >= 0.6 is 0 Å². The second-order valence-electron chi connectivity index (χ2n) is 4.55. The summed E-state index contributed by atoms with van der Waals surface area (Å²) in [4.78, 5) is 14.1. The average Bonchev–Trinajstić information content (AvgIpc) is 2.61. The first-order chi connectivity index (χ1) is 7.16. The summed E-state index contributed by atoms with van der Waals surface area (Å²) in [7, 11) is 0. The molecular weight excluding hydrogens is 190 g/mol. The molecule has 0 atom stereocenters. The summed E-state index contributed by atoms with van der Waals surface area (Å²) in [6, 6.07) is 2.34. The standard InChI is InChI=1S/C12H17NO2/c1-9(2)13-6-10(7-13)5-12(14)11-3-4-15-8-11/h3-4,8-10H,5-7H2,1-2H3. The van der Waals surface area contributed by atoms with Crippen molar-refractivity contribution in [3.8, 4) is 0 Å². The van der Waals surface area contributed by atoms with Gasteiger partial charge in [-0.3, -0.25) is 4.79 Å². The molecule has 2 rings (SSSR count). The quantitative estimate of drug-likeness (QED) is 0.710. The molecule has 0 saturated carbocycles. The Labute approximate surface area is 90.1 Å². The lowest BCUT2D eigenvalue weighted by Crippen LogP contribution is -2.50. The van der Waals surface area contributed by atoms with E-state index in [0.29, 0.717) is 23.9 Å². The molecule has 3 nitrogen and oxygen atoms in total. The average molecular weight is 207 g/mol. The van der Waals surface area contributed by atoms with E-state index in [2.05, 4.69) is 18.7 Å². The summed E-state index contributed by atoms with van der Waals surface area (Å²) >= 11 is 0. The maximum atomic E-state index is 11.7. The van der Waals surface area contributed by atoms with Crippen LogP contribution in [0, 0.1) is 5.92 Å². The molecule has 1 aliphatic heterocycles. The second-order valence-corrected chi connectivity index (χ2v) is 4.55. The van der Waals surface area contributed by atoms with Crippen LogP contribution in [-0.2, 0) is 0 Å². The molecule has 0 amide bonds. The molecule has 0 aromatic carbocycles. The normalized spacial score (nSPS) is 18.1. The molecule has 15 heavy (non-hydrogen) atoms. The molecule has 0 spiro atoms. The van der Waals surface area contributed by atoms with Crippen LogP contribution in [0.3, 0.4) is 0 Å². The SMILES string of the molecule is CC(C)N1CC(CC(=O)c2ccoc2)C1. The fraction of sp³-hybridized carbons (Fsp3) is 0.583. The topological polar surface area (TPSA) is 33.5 Å². The Morgan fingerprint density at radius 3 is 2.87 bits per heavy atom. The van der Waals surface area contributed by atoms with Gasteiger partial charge in [0.1, 0.15) is 6.26 Å². The van der Waals surface area contributed by atoms with Crippen LogP contribution < -0.4 is 0 Å². The highest BCUT2D eigenvalue weighted by molar-refractivity contribution is 5.95. The van der Waals surface area contributed by atoms with Crippen LogP contribution in [0.2, 0.25) is 0 Å². The number of carbonyl (C=O) groups is 1. The Bertz CT molecular complexity index is 323. The Kier molecular flexibility index (Phi) is 2.91. The molecule has 1 fully saturated rings. The molecule has 1 aromatic rings. The molecule has 0 unspecified atom stereocenters. The lowest BCUT2D eigenvalue weighted by atomic mass is 9.91. The Morgan fingerprint density at radius 1 is 1.60 bits per heavy atom. The van der Waals surface area contributed by atoms with Gasteiger partial charge in [0, 0.05) is 25.6 Å². The monoisotopic (exact) mass is 207 g/mol. The minimum absolute atomic E-state index is 0.206. The number of rotatable bonds is 4. The van der Waals surface area contributed by atoms with Crippen molar-refractivity contribution in [3.05, 3.63) is 24.2 Å². The molecule has 82 valence electrons. The van der Waals surface area contributed by atoms with Gasteiger partial charge in [-0.25, -0.2) is 0 Å². The zero-order valence-corrected chi connectivity index (χ0v) is 9.27. The highest BCUT2D eigenvalue weighted by Crippen LogP contribution is 2.23. The molecule has 0 bridgehead atoms. The molecule has 1 saturated heterocycles. The summed E-state index contributed by atoms with van der Waals surface area (Å²) < 4.78 is 4.90. The lowest BCUT2D eigenvalue weighted by Gasteiger charge is -2.41. The van der Waals surface area contributed by atoms with Gasteiger partial charge in [0.15, 0.2) is 5.78 Å². The van der Waals surface area contributed by atoms with Crippen molar-refractivity contribution < 1.29 is 9.21 Å². The van der Waals surface area contributed by atoms with E-state index >= 15 is 0 Å². The third-order valence-corrected chi connectivity index (χ3v) is 3.03. The molecule has 3 heteroatoms. The maximum Gasteiger partial charge on any atom is 0.166 e. The van der Waals surface area contributed by atoms with E-state index < -0.39 is 0 Å². The van der Waals surface area contributed by atoms with Crippen molar-refractivity contribution in [3.63, 3.8) is 0 Å². The van der Waals surface area contributed by atoms with E-state index in [4.69, 9.17) is 4.42 Å². The first-order valence-corrected chi connectivity index (χ1v) is 5.46. The summed E-state index contributed by atoms with van der Waals surface area (Å²) in [5.41, 5.74) is 0.706. The minimum Gasteiger partial charge on any atom is -0.472 e. The van der Waals surface area contributed by atoms with E-state index in [1.165, 1.54) is 6.26 Å². The van der Waals surface area contributed by atoms with Gasteiger partial charge in [0.2, 0.25) is 0 Å². The number of furan rings is 1. The third kappa shape index (κ3) is 2.29. The van der Waals surface area contributed by atoms with E-state index in [0.717, 1.165) is 13.1 Å². The number of Topliss-reactive ketones (excluding diaryl/α,β-unsaturated/α-hetero) is 1. The highest BCUT2D eigenvalue weighted by atomic mass is 16.3. The number of nitrogens with zero attached hydrogens (tertiary/aromatic N) is 1. The van der Waals surface area contributed by atoms with Crippen LogP contribution in [0.25, 0.3) is 0 Å². The molecule has 0 N–H and O–H groups in total. The predicted molar refractivity (Wildman–Crippen MR) is 57.9 cm³/mol. The number of likely N-dealkylation sites (tertiary alicyclic amines) is 1. The molecular formula is C12H17NO2. The smallest absolute Gasteiger partial charge is 0.166 e. The second kappa shape index (κ2) is 4.19. The predicted octanol–water partition coefficient (Wildman–Crippen LogP) is 2.19. The fourth-order valence-electron chi connectivity index (χ4n) is 1.96. The van der Waals surface area contributed by atoms with E-state index in [-0.39, 0.29) is 5.78 Å². The summed E-state index contributed by atoms with van der Waals surface area (Å²) in [6.07, 6.45) is 3.73. The van der Waals surface area contributed by atoms with Crippen LogP contribution in [0.5, 0.6) is 0 Å². The number of hydrogen-bond acceptors (Lipinski definition) is 3. The zero-order chi connectivity index (χ0) is 10.8. The molecule has 0 aliphatic carbocycles. The molecule has 0 radical (unpaired) electrons. The number of hydrogen-bond donors (Lipinski definition) is 0. The van der Waals surface area contributed by atoms with Crippen LogP contribution in [0.4, 0.5) is 0 Å². The van der Waals surface area contributed by atoms with Gasteiger partial charge in [0.25, 0.3) is 0 Å². The maximum absolute atomic E-state index is 11.7. The number of carbonyl (C=O) groups excluding carboxylic acids is 1. The first-order valence-electron chi connectivity index (χ1n) is 5.46. The van der Waals surface area contributed by atoms with Gasteiger partial charge in [-0.2, -0.15) is 0 Å². The molecule has 1 aliphatic rings. The van der Waals surface area contributed by atoms with Crippen LogP contribution in [0.1, 0.15) is 30.6 Å². The van der Waals surface area contributed by atoms with Crippen LogP contribution in [0.15, 0.2) is 23.0 Å². The van der Waals surface area contributed by atoms with E-state index in [9.17, 15) is 4.79 Å². The summed E-state index contributed by atoms with van der Waals surface area (Å²) in [5, 5.41) is 0. The van der Waals surface area contributed by atoms with Crippen molar-refractivity contribution >= 4 is 5.78 Å². The van der Waals surface area contributed by atoms with Crippen molar-refractivity contribution in [2.45, 2.75) is 26.3 Å². The van der Waals surface area contributed by atoms with Gasteiger partial charge in [-0.1, -0.05) is 0 Å². The van der Waals surface area contributed by atoms with Gasteiger partial charge >= 0.3 is 0 Å². The minimum atomic E-state index is 0.206. The van der Waals surface area contributed by atoms with E-state index in [1.807, 2.05) is 0 Å². The highest BCUT2D eigenvalue weighted by Gasteiger charge is 2.30. The van der Waals surface area contributed by atoms with Crippen molar-refractivity contribution in [1.29, 1.82) is 0 Å². The zero-order valence-electron chi connectivity index (χ0n) is 9.27. The van der Waals surface area contributed by atoms with E-state index in [1.54, 1.807) is 12.3 Å². The van der Waals surface area contributed by atoms with Crippen molar-refractivity contribution in [1.82, 2.24) is 4.90 Å². The lowest BCUT2D eigenvalue weighted by molar-refractivity contribution is 0.0562. The molecule has 1 aromatic heterocycles. The van der Waals surface area contributed by atoms with Gasteiger partial charge in [-0.05, 0) is 25.8 Å². The summed E-state index contributed by atoms with van der Waals surface area (Å²) in [5.74, 6) is 0.743. The number of ketones is 1. The summed E-state index contributed by atoms with van der Waals surface area (Å²) in [6.45, 7) is 6.49.